The van der Waals surface area contributed by atoms with Crippen LogP contribution in [0.25, 0.3) is 11.2 Å². The Morgan fingerprint density at radius 2 is 2.18 bits per heavy atom. The van der Waals surface area contributed by atoms with Gasteiger partial charge in [-0.2, -0.15) is 4.98 Å². The van der Waals surface area contributed by atoms with E-state index in [0.717, 1.165) is 0 Å². The zero-order chi connectivity index (χ0) is 12.3. The molecular formula is C10H14N4O3. The van der Waals surface area contributed by atoms with Crippen molar-refractivity contribution in [3.05, 3.63) is 12.7 Å². The maximum Gasteiger partial charge on any atom is 0.245 e. The van der Waals surface area contributed by atoms with Crippen molar-refractivity contribution in [1.29, 1.82) is 0 Å². The lowest BCUT2D eigenvalue weighted by molar-refractivity contribution is 0.0543. The number of methoxy groups -OCH3 is 2. The van der Waals surface area contributed by atoms with Crippen LogP contribution in [0.1, 0.15) is 0 Å². The normalized spacial score (nSPS) is 12.9. The molecule has 7 nitrogen and oxygen atoms in total. The van der Waals surface area contributed by atoms with Crippen LogP contribution in [0.4, 0.5) is 0 Å². The minimum Gasteiger partial charge on any atom is -0.479 e. The quantitative estimate of drug-likeness (QED) is 0.779. The van der Waals surface area contributed by atoms with Gasteiger partial charge in [-0.05, 0) is 0 Å². The van der Waals surface area contributed by atoms with Crippen molar-refractivity contribution in [3.8, 4) is 5.88 Å². The molecule has 2 aromatic rings. The van der Waals surface area contributed by atoms with E-state index < -0.39 is 6.10 Å². The molecule has 0 fully saturated rings. The molecule has 0 aliphatic heterocycles. The number of aliphatic hydroxyl groups is 1. The third-order valence-electron chi connectivity index (χ3n) is 2.33. The van der Waals surface area contributed by atoms with Gasteiger partial charge in [-0.1, -0.05) is 0 Å². The summed E-state index contributed by atoms with van der Waals surface area (Å²) in [6, 6.07) is 0. The highest BCUT2D eigenvalue weighted by Crippen LogP contribution is 2.18. The highest BCUT2D eigenvalue weighted by atomic mass is 16.5. The second-order valence-electron chi connectivity index (χ2n) is 3.56. The predicted octanol–water partition coefficient (Wildman–Crippen LogP) is -0.158. The second-order valence-corrected chi connectivity index (χ2v) is 3.56. The van der Waals surface area contributed by atoms with Gasteiger partial charge in [0.1, 0.15) is 6.33 Å². The van der Waals surface area contributed by atoms with Crippen LogP contribution in [0, 0.1) is 0 Å². The van der Waals surface area contributed by atoms with Crippen LogP contribution in [0.3, 0.4) is 0 Å². The summed E-state index contributed by atoms with van der Waals surface area (Å²) < 4.78 is 11.7. The lowest BCUT2D eigenvalue weighted by Crippen LogP contribution is -2.20. The Kier molecular flexibility index (Phi) is 3.50. The van der Waals surface area contributed by atoms with E-state index in [1.165, 1.54) is 13.4 Å². The molecule has 0 spiro atoms. The average molecular weight is 238 g/mol. The van der Waals surface area contributed by atoms with Crippen LogP contribution in [0.2, 0.25) is 0 Å². The lowest BCUT2D eigenvalue weighted by Gasteiger charge is -2.10. The van der Waals surface area contributed by atoms with Crippen molar-refractivity contribution in [2.75, 3.05) is 20.8 Å². The van der Waals surface area contributed by atoms with Gasteiger partial charge in [0.25, 0.3) is 0 Å². The Bertz CT molecular complexity index is 499. The van der Waals surface area contributed by atoms with Gasteiger partial charge >= 0.3 is 0 Å². The summed E-state index contributed by atoms with van der Waals surface area (Å²) in [5, 5.41) is 9.66. The van der Waals surface area contributed by atoms with Crippen LogP contribution in [-0.4, -0.2) is 51.6 Å². The van der Waals surface area contributed by atoms with Crippen LogP contribution >= 0.6 is 0 Å². The summed E-state index contributed by atoms with van der Waals surface area (Å²) in [6.45, 7) is 0.631. The molecule has 0 bridgehead atoms. The summed E-state index contributed by atoms with van der Waals surface area (Å²) in [5.74, 6) is 0.426. The molecule has 2 rings (SSSR count). The first-order valence-electron chi connectivity index (χ1n) is 5.13. The molecular weight excluding hydrogens is 224 g/mol. The maximum atomic E-state index is 9.66. The number of fused-ring (bicyclic) bond motifs is 1. The topological polar surface area (TPSA) is 82.3 Å². The van der Waals surface area contributed by atoms with E-state index in [4.69, 9.17) is 9.47 Å². The lowest BCUT2D eigenvalue weighted by atomic mass is 10.4. The van der Waals surface area contributed by atoms with Gasteiger partial charge in [-0.25, -0.2) is 9.97 Å². The van der Waals surface area contributed by atoms with E-state index in [-0.39, 0.29) is 6.61 Å². The monoisotopic (exact) mass is 238 g/mol. The number of hydrogen-bond acceptors (Lipinski definition) is 6. The van der Waals surface area contributed by atoms with E-state index in [0.29, 0.717) is 23.6 Å². The Morgan fingerprint density at radius 1 is 1.35 bits per heavy atom. The SMILES string of the molecule is COC[C@@H](O)Cn1cnc2c(OC)ncnc21. The van der Waals surface area contributed by atoms with Crippen molar-refractivity contribution in [1.82, 2.24) is 19.5 Å². The van der Waals surface area contributed by atoms with E-state index in [1.807, 2.05) is 0 Å². The van der Waals surface area contributed by atoms with Crippen molar-refractivity contribution in [2.24, 2.45) is 0 Å². The average Bonchev–Trinajstić information content (AvgIpc) is 2.73. The Balaban J connectivity index is 2.30. The minimum absolute atomic E-state index is 0.266. The zero-order valence-corrected chi connectivity index (χ0v) is 9.70. The molecule has 0 unspecified atom stereocenters. The fraction of sp³-hybridized carbons (Fsp3) is 0.500. The predicted molar refractivity (Wildman–Crippen MR) is 59.8 cm³/mol. The molecule has 7 heteroatoms. The summed E-state index contributed by atoms with van der Waals surface area (Å²) in [4.78, 5) is 12.2. The van der Waals surface area contributed by atoms with Crippen molar-refractivity contribution in [3.63, 3.8) is 0 Å². The molecule has 0 aliphatic carbocycles. The molecule has 0 saturated carbocycles. The molecule has 2 heterocycles. The number of rotatable bonds is 5. The number of aromatic nitrogens is 4. The molecule has 2 aromatic heterocycles. The highest BCUT2D eigenvalue weighted by Gasteiger charge is 2.12. The van der Waals surface area contributed by atoms with Gasteiger partial charge in [0, 0.05) is 7.11 Å². The van der Waals surface area contributed by atoms with Crippen molar-refractivity contribution in [2.45, 2.75) is 12.6 Å². The summed E-state index contributed by atoms with van der Waals surface area (Å²) in [7, 11) is 3.07. The van der Waals surface area contributed by atoms with Crippen LogP contribution < -0.4 is 4.74 Å². The van der Waals surface area contributed by atoms with Gasteiger partial charge in [0.05, 0.1) is 32.7 Å². The van der Waals surface area contributed by atoms with Crippen molar-refractivity contribution < 1.29 is 14.6 Å². The molecule has 0 amide bonds. The minimum atomic E-state index is -0.599. The number of aliphatic hydroxyl groups excluding tert-OH is 1. The third kappa shape index (κ3) is 2.34. The Labute approximate surface area is 98.0 Å². The van der Waals surface area contributed by atoms with Crippen molar-refractivity contribution >= 4 is 11.2 Å². The summed E-state index contributed by atoms with van der Waals surface area (Å²) >= 11 is 0. The first-order chi connectivity index (χ1) is 8.26. The zero-order valence-electron chi connectivity index (χ0n) is 9.70. The fourth-order valence-corrected chi connectivity index (χ4v) is 1.61. The molecule has 92 valence electrons. The van der Waals surface area contributed by atoms with Crippen LogP contribution in [0.5, 0.6) is 5.88 Å². The smallest absolute Gasteiger partial charge is 0.245 e. The molecule has 1 N–H and O–H groups in total. The number of imidazole rings is 1. The Morgan fingerprint density at radius 3 is 2.88 bits per heavy atom. The summed E-state index contributed by atoms with van der Waals surface area (Å²) in [5.41, 5.74) is 1.21. The number of ether oxygens (including phenoxy) is 2. The first kappa shape index (κ1) is 11.7. The first-order valence-corrected chi connectivity index (χ1v) is 5.13. The standard InChI is InChI=1S/C10H14N4O3/c1-16-4-7(15)3-14-6-13-8-9(14)11-5-12-10(8)17-2/h5-7,15H,3-4H2,1-2H3/t7-/m0/s1. The van der Waals surface area contributed by atoms with Gasteiger partial charge in [-0.15, -0.1) is 0 Å². The molecule has 0 saturated heterocycles. The van der Waals surface area contributed by atoms with Gasteiger partial charge in [0.2, 0.25) is 5.88 Å². The largest absolute Gasteiger partial charge is 0.479 e. The van der Waals surface area contributed by atoms with Gasteiger partial charge in [-0.3, -0.25) is 0 Å². The van der Waals surface area contributed by atoms with E-state index in [2.05, 4.69) is 15.0 Å². The second kappa shape index (κ2) is 5.07. The number of hydrogen-bond donors (Lipinski definition) is 1. The van der Waals surface area contributed by atoms with E-state index >= 15 is 0 Å². The summed E-state index contributed by atoms with van der Waals surface area (Å²) in [6.07, 6.45) is 2.40. The third-order valence-corrected chi connectivity index (χ3v) is 2.33. The Hall–Kier alpha value is -1.73. The molecule has 17 heavy (non-hydrogen) atoms. The van der Waals surface area contributed by atoms with Crippen LogP contribution in [-0.2, 0) is 11.3 Å². The van der Waals surface area contributed by atoms with E-state index in [1.54, 1.807) is 18.0 Å². The van der Waals surface area contributed by atoms with Gasteiger partial charge in [0.15, 0.2) is 11.2 Å². The van der Waals surface area contributed by atoms with E-state index in [9.17, 15) is 5.11 Å². The highest BCUT2D eigenvalue weighted by molar-refractivity contribution is 5.75. The maximum absolute atomic E-state index is 9.66. The fourth-order valence-electron chi connectivity index (χ4n) is 1.61. The molecule has 0 aliphatic rings. The molecule has 0 radical (unpaired) electrons. The molecule has 1 atom stereocenters. The van der Waals surface area contributed by atoms with Crippen LogP contribution in [0.15, 0.2) is 12.7 Å². The number of nitrogens with zero attached hydrogens (tertiary/aromatic N) is 4. The van der Waals surface area contributed by atoms with Gasteiger partial charge < -0.3 is 19.1 Å². The molecule has 0 aromatic carbocycles.